The van der Waals surface area contributed by atoms with E-state index in [-0.39, 0.29) is 6.04 Å². The highest BCUT2D eigenvalue weighted by Crippen LogP contribution is 2.33. The second kappa shape index (κ2) is 6.04. The second-order valence-corrected chi connectivity index (χ2v) is 6.47. The van der Waals surface area contributed by atoms with Crippen LogP contribution in [0.15, 0.2) is 52.6 Å². The van der Waals surface area contributed by atoms with Crippen LogP contribution in [0.25, 0.3) is 10.8 Å². The van der Waals surface area contributed by atoms with Gasteiger partial charge in [0.25, 0.3) is 0 Å². The lowest BCUT2D eigenvalue weighted by atomic mass is 10.0. The van der Waals surface area contributed by atoms with Gasteiger partial charge in [0.1, 0.15) is 0 Å². The van der Waals surface area contributed by atoms with E-state index in [1.165, 1.54) is 21.2 Å². The van der Waals surface area contributed by atoms with E-state index >= 15 is 0 Å². The lowest BCUT2D eigenvalue weighted by molar-refractivity contribution is 0.641. The average Bonchev–Trinajstić information content (AvgIpc) is 2.91. The van der Waals surface area contributed by atoms with E-state index < -0.39 is 0 Å². The molecule has 0 saturated carbocycles. The minimum Gasteiger partial charge on any atom is -0.306 e. The maximum absolute atomic E-state index is 4.40. The highest BCUT2D eigenvalue weighted by Gasteiger charge is 2.17. The van der Waals surface area contributed by atoms with Crippen molar-refractivity contribution in [3.8, 4) is 0 Å². The molecule has 0 fully saturated rings. The number of hydrogen-bond donors (Lipinski definition) is 1. The summed E-state index contributed by atoms with van der Waals surface area (Å²) in [6.07, 6.45) is 3.90. The Labute approximate surface area is 131 Å². The first-order valence-corrected chi connectivity index (χ1v) is 8.27. The first-order valence-electron chi connectivity index (χ1n) is 6.59. The molecule has 102 valence electrons. The fourth-order valence-corrected chi connectivity index (χ4v) is 3.95. The van der Waals surface area contributed by atoms with Crippen LogP contribution in [0, 0.1) is 0 Å². The van der Waals surface area contributed by atoms with Crippen molar-refractivity contribution in [1.29, 1.82) is 0 Å². The van der Waals surface area contributed by atoms with E-state index in [0.29, 0.717) is 0 Å². The van der Waals surface area contributed by atoms with Gasteiger partial charge in [0.2, 0.25) is 0 Å². The van der Waals surface area contributed by atoms with Crippen LogP contribution in [-0.2, 0) is 0 Å². The first-order chi connectivity index (χ1) is 9.79. The molecule has 2 nitrogen and oxygen atoms in total. The zero-order chi connectivity index (χ0) is 13.9. The number of aromatic nitrogens is 1. The molecule has 3 rings (SSSR count). The van der Waals surface area contributed by atoms with Crippen LogP contribution in [-0.4, -0.2) is 11.5 Å². The smallest absolute Gasteiger partial charge is 0.0692 e. The van der Waals surface area contributed by atoms with Crippen molar-refractivity contribution >= 4 is 38.0 Å². The summed E-state index contributed by atoms with van der Waals surface area (Å²) in [5.74, 6) is 0. The first kappa shape index (κ1) is 13.7. The van der Waals surface area contributed by atoms with Gasteiger partial charge in [-0.2, -0.15) is 0 Å². The third-order valence-electron chi connectivity index (χ3n) is 3.29. The van der Waals surface area contributed by atoms with Crippen LogP contribution in [0.3, 0.4) is 0 Å². The summed E-state index contributed by atoms with van der Waals surface area (Å²) in [5, 5.41) is 8.14. The standard InChI is InChI=1S/C16H15BrN2S/c1-2-19-16(15-7-12(17)10-20-15)14-9-18-8-11-5-3-4-6-13(11)14/h3-10,16,19H,2H2,1H3. The maximum atomic E-state index is 4.40. The molecule has 1 N–H and O–H groups in total. The fraction of sp³-hybridized carbons (Fsp3) is 0.188. The normalized spacial score (nSPS) is 12.7. The van der Waals surface area contributed by atoms with Gasteiger partial charge in [-0.15, -0.1) is 11.3 Å². The largest absolute Gasteiger partial charge is 0.306 e. The Bertz CT molecular complexity index is 718. The predicted octanol–water partition coefficient (Wildman–Crippen LogP) is 4.76. The lowest BCUT2D eigenvalue weighted by Crippen LogP contribution is -2.21. The second-order valence-electron chi connectivity index (χ2n) is 4.61. The van der Waals surface area contributed by atoms with E-state index in [2.05, 4.69) is 68.9 Å². The number of nitrogens with zero attached hydrogens (tertiary/aromatic N) is 1. The Morgan fingerprint density at radius 3 is 2.90 bits per heavy atom. The molecule has 0 aliphatic carbocycles. The molecular weight excluding hydrogens is 332 g/mol. The van der Waals surface area contributed by atoms with Crippen molar-refractivity contribution in [3.05, 3.63) is 63.0 Å². The van der Waals surface area contributed by atoms with Gasteiger partial charge in [-0.1, -0.05) is 31.2 Å². The number of thiophene rings is 1. The summed E-state index contributed by atoms with van der Waals surface area (Å²) in [7, 11) is 0. The fourth-order valence-electron chi connectivity index (χ4n) is 2.42. The summed E-state index contributed by atoms with van der Waals surface area (Å²) >= 11 is 5.30. The molecule has 2 heterocycles. The molecule has 1 atom stereocenters. The zero-order valence-corrected chi connectivity index (χ0v) is 13.5. The molecule has 0 bridgehead atoms. The number of nitrogens with one attached hydrogen (secondary N) is 1. The predicted molar refractivity (Wildman–Crippen MR) is 89.3 cm³/mol. The lowest BCUT2D eigenvalue weighted by Gasteiger charge is -2.18. The van der Waals surface area contributed by atoms with Crippen molar-refractivity contribution in [1.82, 2.24) is 10.3 Å². The molecule has 0 amide bonds. The van der Waals surface area contributed by atoms with Crippen molar-refractivity contribution in [2.75, 3.05) is 6.54 Å². The molecule has 0 spiro atoms. The number of halogens is 1. The molecule has 20 heavy (non-hydrogen) atoms. The highest BCUT2D eigenvalue weighted by molar-refractivity contribution is 9.10. The number of rotatable bonds is 4. The Morgan fingerprint density at radius 2 is 2.15 bits per heavy atom. The highest BCUT2D eigenvalue weighted by atomic mass is 79.9. The summed E-state index contributed by atoms with van der Waals surface area (Å²) in [6, 6.07) is 10.8. The van der Waals surface area contributed by atoms with E-state index in [4.69, 9.17) is 0 Å². The Morgan fingerprint density at radius 1 is 1.30 bits per heavy atom. The van der Waals surface area contributed by atoms with Crippen molar-refractivity contribution < 1.29 is 0 Å². The van der Waals surface area contributed by atoms with Crippen LogP contribution in [0.2, 0.25) is 0 Å². The van der Waals surface area contributed by atoms with Gasteiger partial charge in [-0.25, -0.2) is 0 Å². The number of benzene rings is 1. The molecule has 4 heteroatoms. The molecule has 2 aromatic heterocycles. The van der Waals surface area contributed by atoms with E-state index in [1.54, 1.807) is 11.3 Å². The molecular formula is C16H15BrN2S. The number of fused-ring (bicyclic) bond motifs is 1. The van der Waals surface area contributed by atoms with Gasteiger partial charge in [-0.05, 0) is 33.9 Å². The Kier molecular flexibility index (Phi) is 4.15. The molecule has 0 radical (unpaired) electrons. The van der Waals surface area contributed by atoms with Gasteiger partial charge in [0.15, 0.2) is 0 Å². The maximum Gasteiger partial charge on any atom is 0.0692 e. The van der Waals surface area contributed by atoms with Crippen molar-refractivity contribution in [2.45, 2.75) is 13.0 Å². The molecule has 0 aliphatic rings. The number of pyridine rings is 1. The van der Waals surface area contributed by atoms with Crippen LogP contribution in [0.1, 0.15) is 23.4 Å². The third kappa shape index (κ3) is 2.64. The monoisotopic (exact) mass is 346 g/mol. The number of hydrogen-bond acceptors (Lipinski definition) is 3. The summed E-state index contributed by atoms with van der Waals surface area (Å²) in [4.78, 5) is 5.70. The average molecular weight is 347 g/mol. The van der Waals surface area contributed by atoms with Crippen molar-refractivity contribution in [2.24, 2.45) is 0 Å². The van der Waals surface area contributed by atoms with Crippen LogP contribution in [0.5, 0.6) is 0 Å². The molecule has 3 aromatic rings. The van der Waals surface area contributed by atoms with E-state index in [0.717, 1.165) is 11.0 Å². The summed E-state index contributed by atoms with van der Waals surface area (Å²) < 4.78 is 1.13. The summed E-state index contributed by atoms with van der Waals surface area (Å²) in [6.45, 7) is 3.05. The van der Waals surface area contributed by atoms with Crippen LogP contribution >= 0.6 is 27.3 Å². The Balaban J connectivity index is 2.14. The Hall–Kier alpha value is -1.23. The minimum absolute atomic E-state index is 0.190. The van der Waals surface area contributed by atoms with Gasteiger partial charge in [0.05, 0.1) is 6.04 Å². The topological polar surface area (TPSA) is 24.9 Å². The summed E-state index contributed by atoms with van der Waals surface area (Å²) in [5.41, 5.74) is 1.24. The third-order valence-corrected chi connectivity index (χ3v) is 5.05. The van der Waals surface area contributed by atoms with Gasteiger partial charge in [0, 0.05) is 38.1 Å². The van der Waals surface area contributed by atoms with Gasteiger partial charge >= 0.3 is 0 Å². The zero-order valence-electron chi connectivity index (χ0n) is 11.1. The molecule has 0 saturated heterocycles. The van der Waals surface area contributed by atoms with Crippen molar-refractivity contribution in [3.63, 3.8) is 0 Å². The van der Waals surface area contributed by atoms with E-state index in [9.17, 15) is 0 Å². The SMILES string of the molecule is CCNC(c1cc(Br)cs1)c1cncc2ccccc12. The van der Waals surface area contributed by atoms with Crippen LogP contribution in [0.4, 0.5) is 0 Å². The van der Waals surface area contributed by atoms with Gasteiger partial charge in [-0.3, -0.25) is 4.98 Å². The van der Waals surface area contributed by atoms with Gasteiger partial charge < -0.3 is 5.32 Å². The quantitative estimate of drug-likeness (QED) is 0.736. The molecule has 1 aromatic carbocycles. The minimum atomic E-state index is 0.190. The van der Waals surface area contributed by atoms with Crippen LogP contribution < -0.4 is 5.32 Å². The van der Waals surface area contributed by atoms with E-state index in [1.807, 2.05) is 12.4 Å². The molecule has 0 aliphatic heterocycles. The molecule has 1 unspecified atom stereocenters.